The number of hydrogen-bond acceptors (Lipinski definition) is 10. The zero-order valence-electron chi connectivity index (χ0n) is 27.9. The molecule has 0 aliphatic heterocycles. The Kier molecular flexibility index (Phi) is 11.5. The van der Waals surface area contributed by atoms with Crippen molar-refractivity contribution < 1.29 is 35.5 Å². The lowest BCUT2D eigenvalue weighted by atomic mass is 9.95. The van der Waals surface area contributed by atoms with Gasteiger partial charge in [0.2, 0.25) is 31.9 Å². The SMILES string of the molecule is CC(C)c1nc(N(C)S(=O)(=O)CCCC(C)c2nc(N(C)S(C)(=O)=O)nc(-c3ccc(F)cc3)c2C=O)nc(-c2ccc(F)cc2)c1CO. The number of hydrogen-bond donors (Lipinski definition) is 1. The zero-order chi connectivity index (χ0) is 36.3. The molecule has 2 aromatic carbocycles. The molecule has 0 aliphatic carbocycles. The fourth-order valence-corrected chi connectivity index (χ4v) is 6.68. The van der Waals surface area contributed by atoms with Gasteiger partial charge in [-0.3, -0.25) is 4.79 Å². The quantitative estimate of drug-likeness (QED) is 0.175. The third-order valence-corrected chi connectivity index (χ3v) is 11.0. The van der Waals surface area contributed by atoms with Crippen LogP contribution in [0, 0.1) is 11.6 Å². The molecule has 0 saturated carbocycles. The molecule has 16 heteroatoms. The Morgan fingerprint density at radius 3 is 1.76 bits per heavy atom. The van der Waals surface area contributed by atoms with Crippen LogP contribution in [0.15, 0.2) is 48.5 Å². The van der Waals surface area contributed by atoms with Crippen LogP contribution in [0.5, 0.6) is 0 Å². The van der Waals surface area contributed by atoms with Crippen LogP contribution in [0.3, 0.4) is 0 Å². The smallest absolute Gasteiger partial charge is 0.239 e. The van der Waals surface area contributed by atoms with Gasteiger partial charge < -0.3 is 5.11 Å². The largest absolute Gasteiger partial charge is 0.392 e. The second-order valence-corrected chi connectivity index (χ2v) is 16.0. The molecule has 0 bridgehead atoms. The maximum atomic E-state index is 13.7. The standard InChI is InChI=1S/C33H38F2N6O6S2/c1-20(2)28-26(18-42)30(22-9-13-24(34)14-10-22)39-33(36-28)41(5)49(46,47)17-7-8-21(3)29-27(19-43)31(23-11-15-25(35)16-12-23)38-32(37-29)40(4)48(6,44)45/h9-16,19-21,42H,7-8,17-18H2,1-6H3. The highest BCUT2D eigenvalue weighted by Crippen LogP contribution is 2.33. The molecule has 0 spiro atoms. The molecule has 0 amide bonds. The second-order valence-electron chi connectivity index (χ2n) is 11.9. The van der Waals surface area contributed by atoms with Crippen LogP contribution in [0.2, 0.25) is 0 Å². The number of aldehydes is 1. The number of carbonyl (C=O) groups excluding carboxylic acids is 1. The Bertz CT molecular complexity index is 2050. The average molecular weight is 717 g/mol. The van der Waals surface area contributed by atoms with Gasteiger partial charge in [-0.1, -0.05) is 20.8 Å². The van der Waals surface area contributed by atoms with Crippen LogP contribution in [-0.4, -0.2) is 74.3 Å². The van der Waals surface area contributed by atoms with Crippen LogP contribution in [0.25, 0.3) is 22.5 Å². The molecule has 4 aromatic rings. The van der Waals surface area contributed by atoms with Gasteiger partial charge in [0, 0.05) is 30.8 Å². The Balaban J connectivity index is 1.65. The van der Waals surface area contributed by atoms with E-state index >= 15 is 0 Å². The summed E-state index contributed by atoms with van der Waals surface area (Å²) in [6.45, 7) is 5.00. The minimum atomic E-state index is -4.01. The van der Waals surface area contributed by atoms with Gasteiger partial charge in [0.15, 0.2) is 6.29 Å². The van der Waals surface area contributed by atoms with Crippen molar-refractivity contribution in [3.05, 3.63) is 82.7 Å². The van der Waals surface area contributed by atoms with E-state index in [1.54, 1.807) is 6.92 Å². The van der Waals surface area contributed by atoms with Gasteiger partial charge in [-0.15, -0.1) is 0 Å². The molecule has 0 fully saturated rings. The highest BCUT2D eigenvalue weighted by molar-refractivity contribution is 7.92. The molecule has 1 unspecified atom stereocenters. The lowest BCUT2D eigenvalue weighted by Gasteiger charge is -2.23. The maximum absolute atomic E-state index is 13.7. The van der Waals surface area contributed by atoms with Crippen molar-refractivity contribution in [2.45, 2.75) is 52.1 Å². The first-order chi connectivity index (χ1) is 23.0. The molecular weight excluding hydrogens is 679 g/mol. The summed E-state index contributed by atoms with van der Waals surface area (Å²) in [7, 11) is -5.23. The number of sulfonamides is 2. The van der Waals surface area contributed by atoms with Crippen LogP contribution in [0.4, 0.5) is 20.7 Å². The van der Waals surface area contributed by atoms with E-state index in [1.807, 2.05) is 13.8 Å². The number of aromatic nitrogens is 4. The monoisotopic (exact) mass is 716 g/mol. The number of halogens is 2. The molecule has 2 aromatic heterocycles. The van der Waals surface area contributed by atoms with E-state index in [4.69, 9.17) is 0 Å². The number of aliphatic hydroxyl groups is 1. The number of rotatable bonds is 14. The van der Waals surface area contributed by atoms with Gasteiger partial charge in [0.05, 0.1) is 47.0 Å². The highest BCUT2D eigenvalue weighted by atomic mass is 32.2. The topological polar surface area (TPSA) is 164 Å². The normalized spacial score (nSPS) is 12.6. The number of aliphatic hydroxyl groups excluding tert-OH is 1. The molecule has 49 heavy (non-hydrogen) atoms. The van der Waals surface area contributed by atoms with E-state index < -0.39 is 44.2 Å². The third-order valence-electron chi connectivity index (χ3n) is 8.03. The van der Waals surface area contributed by atoms with E-state index in [2.05, 4.69) is 19.9 Å². The van der Waals surface area contributed by atoms with E-state index in [0.717, 1.165) is 14.9 Å². The lowest BCUT2D eigenvalue weighted by molar-refractivity contribution is 0.112. The number of anilines is 2. The number of carbonyl (C=O) groups is 1. The number of nitrogens with zero attached hydrogens (tertiary/aromatic N) is 6. The molecule has 0 aliphatic rings. The number of benzene rings is 2. The summed E-state index contributed by atoms with van der Waals surface area (Å²) in [5, 5.41) is 10.2. The fraction of sp³-hybridized carbons (Fsp3) is 0.364. The van der Waals surface area contributed by atoms with Crippen molar-refractivity contribution in [3.63, 3.8) is 0 Å². The predicted octanol–water partition coefficient (Wildman–Crippen LogP) is 5.05. The molecule has 262 valence electrons. The van der Waals surface area contributed by atoms with Gasteiger partial charge in [-0.05, 0) is 73.2 Å². The molecule has 0 radical (unpaired) electrons. The third kappa shape index (κ3) is 8.43. The van der Waals surface area contributed by atoms with Crippen molar-refractivity contribution in [3.8, 4) is 22.5 Å². The minimum Gasteiger partial charge on any atom is -0.392 e. The van der Waals surface area contributed by atoms with Gasteiger partial charge in [-0.25, -0.2) is 54.2 Å². The first-order valence-electron chi connectivity index (χ1n) is 15.3. The van der Waals surface area contributed by atoms with Crippen molar-refractivity contribution in [2.75, 3.05) is 34.7 Å². The summed E-state index contributed by atoms with van der Waals surface area (Å²) in [4.78, 5) is 30.1. The predicted molar refractivity (Wildman–Crippen MR) is 183 cm³/mol. The first kappa shape index (κ1) is 37.4. The Labute approximate surface area is 285 Å². The first-order valence-corrected chi connectivity index (χ1v) is 18.7. The Hall–Kier alpha value is -4.41. The van der Waals surface area contributed by atoms with Gasteiger partial charge in [-0.2, -0.15) is 0 Å². The van der Waals surface area contributed by atoms with E-state index in [9.17, 15) is 35.5 Å². The fourth-order valence-electron chi connectivity index (χ4n) is 5.16. The van der Waals surface area contributed by atoms with Crippen molar-refractivity contribution >= 4 is 38.2 Å². The van der Waals surface area contributed by atoms with E-state index in [-0.39, 0.29) is 59.1 Å². The molecule has 2 heterocycles. The van der Waals surface area contributed by atoms with Crippen molar-refractivity contribution in [2.24, 2.45) is 0 Å². The Morgan fingerprint density at radius 2 is 1.27 bits per heavy atom. The second kappa shape index (κ2) is 15.0. The van der Waals surface area contributed by atoms with Crippen molar-refractivity contribution in [1.29, 1.82) is 0 Å². The molecule has 1 N–H and O–H groups in total. The molecule has 12 nitrogen and oxygen atoms in total. The highest BCUT2D eigenvalue weighted by Gasteiger charge is 2.27. The summed E-state index contributed by atoms with van der Waals surface area (Å²) in [6, 6.07) is 10.7. The summed E-state index contributed by atoms with van der Waals surface area (Å²) in [5.41, 5.74) is 2.34. The molecule has 1 atom stereocenters. The summed E-state index contributed by atoms with van der Waals surface area (Å²) in [6.07, 6.45) is 1.84. The average Bonchev–Trinajstić information content (AvgIpc) is 3.06. The van der Waals surface area contributed by atoms with Gasteiger partial charge in [0.25, 0.3) is 0 Å². The van der Waals surface area contributed by atoms with Crippen molar-refractivity contribution in [1.82, 2.24) is 19.9 Å². The van der Waals surface area contributed by atoms with Crippen LogP contribution < -0.4 is 8.61 Å². The van der Waals surface area contributed by atoms with Crippen LogP contribution in [0.1, 0.15) is 72.8 Å². The minimum absolute atomic E-state index is 0.0663. The van der Waals surface area contributed by atoms with Crippen LogP contribution >= 0.6 is 0 Å². The molecule has 4 rings (SSSR count). The van der Waals surface area contributed by atoms with E-state index in [0.29, 0.717) is 28.7 Å². The summed E-state index contributed by atoms with van der Waals surface area (Å²) < 4.78 is 81.0. The van der Waals surface area contributed by atoms with Gasteiger partial charge in [0.1, 0.15) is 11.6 Å². The molecule has 0 saturated heterocycles. The van der Waals surface area contributed by atoms with Gasteiger partial charge >= 0.3 is 0 Å². The van der Waals surface area contributed by atoms with E-state index in [1.165, 1.54) is 62.6 Å². The lowest BCUT2D eigenvalue weighted by Crippen LogP contribution is -2.31. The summed E-state index contributed by atoms with van der Waals surface area (Å²) in [5.74, 6) is -2.38. The Morgan fingerprint density at radius 1 is 0.776 bits per heavy atom. The summed E-state index contributed by atoms with van der Waals surface area (Å²) >= 11 is 0. The van der Waals surface area contributed by atoms with Crippen LogP contribution in [-0.2, 0) is 26.7 Å². The molecular formula is C33H38F2N6O6S2. The maximum Gasteiger partial charge on any atom is 0.239 e. The zero-order valence-corrected chi connectivity index (χ0v) is 29.6.